The molecule has 0 bridgehead atoms. The van der Waals surface area contributed by atoms with Gasteiger partial charge in [-0.05, 0) is 25.0 Å². The molecule has 0 aliphatic heterocycles. The number of carboxylic acids is 1. The van der Waals surface area contributed by atoms with Crippen LogP contribution in [0.25, 0.3) is 0 Å². The first kappa shape index (κ1) is 14.6. The third kappa shape index (κ3) is 3.39. The van der Waals surface area contributed by atoms with Crippen molar-refractivity contribution in [2.75, 3.05) is 5.75 Å². The van der Waals surface area contributed by atoms with E-state index in [-0.39, 0.29) is 5.75 Å². The van der Waals surface area contributed by atoms with Gasteiger partial charge in [0.05, 0.1) is 18.0 Å². The summed E-state index contributed by atoms with van der Waals surface area (Å²) in [6, 6.07) is 3.93. The topological polar surface area (TPSA) is 68.0 Å². The third-order valence-electron chi connectivity index (χ3n) is 3.01. The molecule has 0 saturated heterocycles. The molecule has 0 unspecified atom stereocenters. The second-order valence-electron chi connectivity index (χ2n) is 4.42. The molecule has 0 amide bonds. The van der Waals surface area contributed by atoms with E-state index in [4.69, 9.17) is 5.11 Å². The summed E-state index contributed by atoms with van der Waals surface area (Å²) in [5, 5.41) is 9.52. The lowest BCUT2D eigenvalue weighted by atomic mass is 10.2. The van der Waals surface area contributed by atoms with E-state index in [2.05, 4.69) is 16.9 Å². The number of hydrogen-bond acceptors (Lipinski definition) is 4. The van der Waals surface area contributed by atoms with E-state index in [1.807, 2.05) is 29.8 Å². The average molecular weight is 291 g/mol. The SMILES string of the molecule is CCc1cnc(SCC(=O)O)n1Cc1ncccc1C. The lowest BCUT2D eigenvalue weighted by molar-refractivity contribution is -0.133. The fourth-order valence-corrected chi connectivity index (χ4v) is 2.64. The monoisotopic (exact) mass is 291 g/mol. The summed E-state index contributed by atoms with van der Waals surface area (Å²) in [5.41, 5.74) is 3.19. The molecule has 2 rings (SSSR count). The van der Waals surface area contributed by atoms with Crippen molar-refractivity contribution in [1.82, 2.24) is 14.5 Å². The maximum Gasteiger partial charge on any atom is 0.313 e. The van der Waals surface area contributed by atoms with Gasteiger partial charge in [0.25, 0.3) is 0 Å². The maximum absolute atomic E-state index is 10.7. The molecular weight excluding hydrogens is 274 g/mol. The summed E-state index contributed by atoms with van der Waals surface area (Å²) >= 11 is 1.24. The molecule has 6 heteroatoms. The Labute approximate surface area is 122 Å². The van der Waals surface area contributed by atoms with Crippen molar-refractivity contribution in [3.63, 3.8) is 0 Å². The standard InChI is InChI=1S/C14H17N3O2S/c1-3-11-7-16-14(20-9-13(18)19)17(11)8-12-10(2)5-4-6-15-12/h4-7H,3,8-9H2,1-2H3,(H,18,19). The van der Waals surface area contributed by atoms with Crippen LogP contribution in [0.4, 0.5) is 0 Å². The van der Waals surface area contributed by atoms with E-state index in [1.165, 1.54) is 11.8 Å². The van der Waals surface area contributed by atoms with Crippen molar-refractivity contribution in [1.29, 1.82) is 0 Å². The van der Waals surface area contributed by atoms with E-state index in [0.717, 1.165) is 28.5 Å². The molecular formula is C14H17N3O2S. The Hall–Kier alpha value is -1.82. The first-order chi connectivity index (χ1) is 9.61. The van der Waals surface area contributed by atoms with Crippen LogP contribution in [0, 0.1) is 6.92 Å². The van der Waals surface area contributed by atoms with Crippen molar-refractivity contribution in [3.05, 3.63) is 41.5 Å². The number of rotatable bonds is 6. The number of imidazole rings is 1. The van der Waals surface area contributed by atoms with E-state index in [0.29, 0.717) is 6.54 Å². The summed E-state index contributed by atoms with van der Waals surface area (Å²) in [5.74, 6) is -0.821. The highest BCUT2D eigenvalue weighted by Gasteiger charge is 2.12. The van der Waals surface area contributed by atoms with Crippen LogP contribution in [0.3, 0.4) is 0 Å². The first-order valence-electron chi connectivity index (χ1n) is 6.41. The summed E-state index contributed by atoms with van der Waals surface area (Å²) in [7, 11) is 0. The number of pyridine rings is 1. The van der Waals surface area contributed by atoms with E-state index in [1.54, 1.807) is 6.20 Å². The minimum Gasteiger partial charge on any atom is -0.481 e. The van der Waals surface area contributed by atoms with Gasteiger partial charge >= 0.3 is 5.97 Å². The Balaban J connectivity index is 2.27. The molecule has 0 aromatic carbocycles. The van der Waals surface area contributed by atoms with Crippen LogP contribution < -0.4 is 0 Å². The molecule has 0 atom stereocenters. The predicted octanol–water partition coefficient (Wildman–Crippen LogP) is 2.37. The van der Waals surface area contributed by atoms with Crippen molar-refractivity contribution >= 4 is 17.7 Å². The van der Waals surface area contributed by atoms with Gasteiger partial charge in [0.15, 0.2) is 5.16 Å². The van der Waals surface area contributed by atoms with Crippen LogP contribution >= 0.6 is 11.8 Å². The van der Waals surface area contributed by atoms with Gasteiger partial charge in [-0.15, -0.1) is 0 Å². The Morgan fingerprint density at radius 1 is 1.45 bits per heavy atom. The molecule has 0 saturated carbocycles. The Morgan fingerprint density at radius 2 is 2.25 bits per heavy atom. The number of thioether (sulfide) groups is 1. The van der Waals surface area contributed by atoms with Gasteiger partial charge in [-0.1, -0.05) is 24.8 Å². The maximum atomic E-state index is 10.7. The summed E-state index contributed by atoms with van der Waals surface area (Å²) in [6.45, 7) is 4.71. The van der Waals surface area contributed by atoms with Crippen molar-refractivity contribution in [3.8, 4) is 0 Å². The number of aliphatic carboxylic acids is 1. The number of carbonyl (C=O) groups is 1. The predicted molar refractivity (Wildman–Crippen MR) is 78.0 cm³/mol. The van der Waals surface area contributed by atoms with Crippen LogP contribution in [-0.2, 0) is 17.8 Å². The molecule has 106 valence electrons. The van der Waals surface area contributed by atoms with Gasteiger partial charge in [-0.25, -0.2) is 4.98 Å². The molecule has 5 nitrogen and oxygen atoms in total. The molecule has 20 heavy (non-hydrogen) atoms. The first-order valence-corrected chi connectivity index (χ1v) is 7.39. The fraction of sp³-hybridized carbons (Fsp3) is 0.357. The van der Waals surface area contributed by atoms with Crippen molar-refractivity contribution in [2.24, 2.45) is 0 Å². The minimum absolute atomic E-state index is 0.0152. The second-order valence-corrected chi connectivity index (χ2v) is 5.36. The van der Waals surface area contributed by atoms with Crippen LogP contribution in [0.5, 0.6) is 0 Å². The van der Waals surface area contributed by atoms with Gasteiger partial charge in [-0.3, -0.25) is 9.78 Å². The van der Waals surface area contributed by atoms with Gasteiger partial charge < -0.3 is 9.67 Å². The van der Waals surface area contributed by atoms with E-state index < -0.39 is 5.97 Å². The van der Waals surface area contributed by atoms with Crippen molar-refractivity contribution < 1.29 is 9.90 Å². The van der Waals surface area contributed by atoms with Crippen LogP contribution in [0.2, 0.25) is 0 Å². The van der Waals surface area contributed by atoms with Crippen LogP contribution in [0.15, 0.2) is 29.7 Å². The quantitative estimate of drug-likeness (QED) is 0.828. The van der Waals surface area contributed by atoms with E-state index >= 15 is 0 Å². The normalized spacial score (nSPS) is 10.7. The zero-order valence-electron chi connectivity index (χ0n) is 11.5. The highest BCUT2D eigenvalue weighted by Crippen LogP contribution is 2.20. The molecule has 0 spiro atoms. The average Bonchev–Trinajstić information content (AvgIpc) is 2.81. The Bertz CT molecular complexity index is 610. The summed E-state index contributed by atoms with van der Waals surface area (Å²) in [4.78, 5) is 19.4. The van der Waals surface area contributed by atoms with E-state index in [9.17, 15) is 4.79 Å². The fourth-order valence-electron chi connectivity index (χ4n) is 1.92. The Morgan fingerprint density at radius 3 is 2.90 bits per heavy atom. The number of aryl methyl sites for hydroxylation is 2. The van der Waals surface area contributed by atoms with Gasteiger partial charge in [0.2, 0.25) is 0 Å². The molecule has 1 N–H and O–H groups in total. The van der Waals surface area contributed by atoms with Gasteiger partial charge in [-0.2, -0.15) is 0 Å². The largest absolute Gasteiger partial charge is 0.481 e. The lowest BCUT2D eigenvalue weighted by Gasteiger charge is -2.11. The van der Waals surface area contributed by atoms with Crippen molar-refractivity contribution in [2.45, 2.75) is 32.0 Å². The van der Waals surface area contributed by atoms with Crippen LogP contribution in [0.1, 0.15) is 23.9 Å². The summed E-state index contributed by atoms with van der Waals surface area (Å²) < 4.78 is 2.04. The third-order valence-corrected chi connectivity index (χ3v) is 3.99. The molecule has 2 aromatic heterocycles. The Kier molecular flexibility index (Phi) is 4.79. The number of nitrogens with zero attached hydrogens (tertiary/aromatic N) is 3. The van der Waals surface area contributed by atoms with Gasteiger partial charge in [0.1, 0.15) is 0 Å². The summed E-state index contributed by atoms with van der Waals surface area (Å²) in [6.07, 6.45) is 4.43. The number of carboxylic acid groups (broad SMARTS) is 1. The highest BCUT2D eigenvalue weighted by molar-refractivity contribution is 7.99. The molecule has 0 aliphatic rings. The molecule has 0 radical (unpaired) electrons. The number of hydrogen-bond donors (Lipinski definition) is 1. The molecule has 0 fully saturated rings. The highest BCUT2D eigenvalue weighted by atomic mass is 32.2. The molecule has 0 aliphatic carbocycles. The zero-order valence-corrected chi connectivity index (χ0v) is 12.4. The molecule has 2 aromatic rings. The lowest BCUT2D eigenvalue weighted by Crippen LogP contribution is -2.09. The minimum atomic E-state index is -0.836. The second kappa shape index (κ2) is 6.56. The molecule has 2 heterocycles. The smallest absolute Gasteiger partial charge is 0.313 e. The van der Waals surface area contributed by atoms with Crippen LogP contribution in [-0.4, -0.2) is 31.4 Å². The van der Waals surface area contributed by atoms with Gasteiger partial charge in [0, 0.05) is 18.1 Å². The zero-order chi connectivity index (χ0) is 14.5. The number of aromatic nitrogens is 3.